The number of nitrogens with zero attached hydrogens (tertiary/aromatic N) is 2. The molecule has 5 heteroatoms. The Morgan fingerprint density at radius 2 is 1.88 bits per heavy atom. The van der Waals surface area contributed by atoms with Crippen LogP contribution in [0, 0.1) is 13.8 Å². The molecule has 0 saturated heterocycles. The van der Waals surface area contributed by atoms with Crippen LogP contribution in [0.15, 0.2) is 47.6 Å². The Kier molecular flexibility index (Phi) is 5.95. The van der Waals surface area contributed by atoms with Crippen molar-refractivity contribution in [3.8, 4) is 5.75 Å². The number of nitrogens with one attached hydrogen (secondary N) is 1. The summed E-state index contributed by atoms with van der Waals surface area (Å²) in [5, 5.41) is 3.95. The number of carbonyl (C=O) groups is 1. The molecule has 0 saturated carbocycles. The first kappa shape index (κ1) is 17.5. The number of rotatable bonds is 6. The zero-order valence-electron chi connectivity index (χ0n) is 14.5. The van der Waals surface area contributed by atoms with E-state index in [-0.39, 0.29) is 12.5 Å². The molecular formula is C19H23N3O2. The van der Waals surface area contributed by atoms with Crippen LogP contribution in [0.1, 0.15) is 16.7 Å². The van der Waals surface area contributed by atoms with E-state index in [0.29, 0.717) is 5.75 Å². The third kappa shape index (κ3) is 5.12. The van der Waals surface area contributed by atoms with Crippen molar-refractivity contribution in [2.45, 2.75) is 13.8 Å². The molecule has 2 rings (SSSR count). The van der Waals surface area contributed by atoms with Crippen LogP contribution in [0.4, 0.5) is 5.69 Å². The number of benzene rings is 2. The molecule has 1 amide bonds. The maximum absolute atomic E-state index is 11.8. The second-order valence-electron chi connectivity index (χ2n) is 5.84. The van der Waals surface area contributed by atoms with E-state index in [0.717, 1.165) is 22.4 Å². The van der Waals surface area contributed by atoms with Gasteiger partial charge in [0.2, 0.25) is 0 Å². The van der Waals surface area contributed by atoms with Crippen molar-refractivity contribution in [1.82, 2.24) is 5.43 Å². The van der Waals surface area contributed by atoms with Crippen LogP contribution < -0.4 is 15.1 Å². The molecule has 0 spiro atoms. The average molecular weight is 325 g/mol. The summed E-state index contributed by atoms with van der Waals surface area (Å²) in [5.41, 5.74) is 6.66. The summed E-state index contributed by atoms with van der Waals surface area (Å²) in [5.74, 6) is 0.412. The van der Waals surface area contributed by atoms with Crippen molar-refractivity contribution >= 4 is 17.8 Å². The number of hydrogen-bond donors (Lipinski definition) is 1. The molecule has 0 radical (unpaired) electrons. The lowest BCUT2D eigenvalue weighted by atomic mass is 10.1. The van der Waals surface area contributed by atoms with Gasteiger partial charge in [0.05, 0.1) is 6.21 Å². The first-order chi connectivity index (χ1) is 11.5. The Hall–Kier alpha value is -2.82. The van der Waals surface area contributed by atoms with Gasteiger partial charge in [0.15, 0.2) is 6.61 Å². The monoisotopic (exact) mass is 325 g/mol. The minimum Gasteiger partial charge on any atom is -0.483 e. The summed E-state index contributed by atoms with van der Waals surface area (Å²) in [6, 6.07) is 13.7. The minimum atomic E-state index is -0.295. The van der Waals surface area contributed by atoms with Crippen LogP contribution in [0.3, 0.4) is 0 Å². The third-order valence-corrected chi connectivity index (χ3v) is 3.50. The van der Waals surface area contributed by atoms with Gasteiger partial charge in [0, 0.05) is 19.8 Å². The Balaban J connectivity index is 1.82. The molecule has 0 unspecified atom stereocenters. The highest BCUT2D eigenvalue weighted by Gasteiger charge is 2.04. The third-order valence-electron chi connectivity index (χ3n) is 3.50. The zero-order valence-corrected chi connectivity index (χ0v) is 14.5. The maximum atomic E-state index is 11.8. The van der Waals surface area contributed by atoms with E-state index in [1.54, 1.807) is 6.21 Å². The summed E-state index contributed by atoms with van der Waals surface area (Å²) in [7, 11) is 3.97. The fourth-order valence-corrected chi connectivity index (χ4v) is 2.17. The molecule has 0 bridgehead atoms. The second-order valence-corrected chi connectivity index (χ2v) is 5.84. The van der Waals surface area contributed by atoms with Gasteiger partial charge in [-0.1, -0.05) is 29.8 Å². The summed E-state index contributed by atoms with van der Waals surface area (Å²) in [6.07, 6.45) is 1.61. The lowest BCUT2D eigenvalue weighted by Gasteiger charge is -2.11. The van der Waals surface area contributed by atoms with Crippen molar-refractivity contribution < 1.29 is 9.53 Å². The number of carbonyl (C=O) groups excluding carboxylic acids is 1. The van der Waals surface area contributed by atoms with E-state index in [1.807, 2.05) is 75.3 Å². The topological polar surface area (TPSA) is 53.9 Å². The van der Waals surface area contributed by atoms with Crippen molar-refractivity contribution in [3.63, 3.8) is 0 Å². The molecule has 0 atom stereocenters. The van der Waals surface area contributed by atoms with Gasteiger partial charge in [-0.2, -0.15) is 5.10 Å². The predicted octanol–water partition coefficient (Wildman–Crippen LogP) is 2.90. The minimum absolute atomic E-state index is 0.0686. The fraction of sp³-hybridized carbons (Fsp3) is 0.263. The highest BCUT2D eigenvalue weighted by atomic mass is 16.5. The molecule has 2 aromatic carbocycles. The number of hydrogen-bond acceptors (Lipinski definition) is 4. The standard InChI is InChI=1S/C19H23N3O2/c1-14-5-10-18(15(2)11-14)24-13-19(23)21-20-12-16-6-8-17(9-7-16)22(3)4/h5-12H,13H2,1-4H3,(H,21,23)/b20-12+. The number of aryl methyl sites for hydroxylation is 2. The lowest BCUT2D eigenvalue weighted by Crippen LogP contribution is -2.24. The van der Waals surface area contributed by atoms with Crippen LogP contribution in [0.25, 0.3) is 0 Å². The van der Waals surface area contributed by atoms with Gasteiger partial charge in [-0.15, -0.1) is 0 Å². The van der Waals surface area contributed by atoms with E-state index >= 15 is 0 Å². The van der Waals surface area contributed by atoms with E-state index < -0.39 is 0 Å². The Labute approximate surface area is 142 Å². The van der Waals surface area contributed by atoms with Crippen molar-refractivity contribution in [2.24, 2.45) is 5.10 Å². The second kappa shape index (κ2) is 8.15. The number of anilines is 1. The first-order valence-electron chi connectivity index (χ1n) is 7.75. The van der Waals surface area contributed by atoms with Crippen LogP contribution in [-0.2, 0) is 4.79 Å². The molecule has 0 aliphatic heterocycles. The highest BCUT2D eigenvalue weighted by molar-refractivity contribution is 5.83. The Bertz CT molecular complexity index is 722. The molecule has 126 valence electrons. The quantitative estimate of drug-likeness (QED) is 0.656. The molecule has 5 nitrogen and oxygen atoms in total. The number of hydrazone groups is 1. The molecule has 24 heavy (non-hydrogen) atoms. The zero-order chi connectivity index (χ0) is 17.5. The van der Waals surface area contributed by atoms with Gasteiger partial charge < -0.3 is 9.64 Å². The molecule has 0 aliphatic carbocycles. The smallest absolute Gasteiger partial charge is 0.277 e. The average Bonchev–Trinajstić information content (AvgIpc) is 2.54. The predicted molar refractivity (Wildman–Crippen MR) is 97.9 cm³/mol. The van der Waals surface area contributed by atoms with Gasteiger partial charge in [-0.3, -0.25) is 4.79 Å². The van der Waals surface area contributed by atoms with Gasteiger partial charge in [-0.05, 0) is 43.2 Å². The molecule has 1 N–H and O–H groups in total. The Morgan fingerprint density at radius 3 is 2.50 bits per heavy atom. The van der Waals surface area contributed by atoms with E-state index in [2.05, 4.69) is 10.5 Å². The molecule has 0 aliphatic rings. The summed E-state index contributed by atoms with van der Waals surface area (Å²) >= 11 is 0. The van der Waals surface area contributed by atoms with Crippen molar-refractivity contribution in [1.29, 1.82) is 0 Å². The van der Waals surface area contributed by atoms with Gasteiger partial charge in [0.1, 0.15) is 5.75 Å². The number of amides is 1. The summed E-state index contributed by atoms with van der Waals surface area (Å²) in [6.45, 7) is 3.90. The molecule has 2 aromatic rings. The van der Waals surface area contributed by atoms with Crippen LogP contribution >= 0.6 is 0 Å². The lowest BCUT2D eigenvalue weighted by molar-refractivity contribution is -0.123. The summed E-state index contributed by atoms with van der Waals surface area (Å²) in [4.78, 5) is 13.8. The van der Waals surface area contributed by atoms with Crippen LogP contribution in [0.2, 0.25) is 0 Å². The van der Waals surface area contributed by atoms with E-state index in [4.69, 9.17) is 4.74 Å². The molecule has 0 aromatic heterocycles. The van der Waals surface area contributed by atoms with Crippen molar-refractivity contribution in [3.05, 3.63) is 59.2 Å². The highest BCUT2D eigenvalue weighted by Crippen LogP contribution is 2.18. The summed E-state index contributed by atoms with van der Waals surface area (Å²) < 4.78 is 5.51. The number of ether oxygens (including phenoxy) is 1. The first-order valence-corrected chi connectivity index (χ1v) is 7.75. The molecule has 0 fully saturated rings. The fourth-order valence-electron chi connectivity index (χ4n) is 2.17. The van der Waals surface area contributed by atoms with Gasteiger partial charge in [-0.25, -0.2) is 5.43 Å². The van der Waals surface area contributed by atoms with E-state index in [1.165, 1.54) is 0 Å². The van der Waals surface area contributed by atoms with Crippen LogP contribution in [-0.4, -0.2) is 32.8 Å². The van der Waals surface area contributed by atoms with Crippen molar-refractivity contribution in [2.75, 3.05) is 25.6 Å². The largest absolute Gasteiger partial charge is 0.483 e. The SMILES string of the molecule is Cc1ccc(OCC(=O)N/N=C/c2ccc(N(C)C)cc2)c(C)c1. The maximum Gasteiger partial charge on any atom is 0.277 e. The van der Waals surface area contributed by atoms with Crippen LogP contribution in [0.5, 0.6) is 5.75 Å². The normalized spacial score (nSPS) is 10.7. The van der Waals surface area contributed by atoms with E-state index in [9.17, 15) is 4.79 Å². The molecular weight excluding hydrogens is 302 g/mol. The van der Waals surface area contributed by atoms with Gasteiger partial charge in [0.25, 0.3) is 5.91 Å². The Morgan fingerprint density at radius 1 is 1.17 bits per heavy atom. The van der Waals surface area contributed by atoms with Gasteiger partial charge >= 0.3 is 0 Å². The molecule has 0 heterocycles.